The van der Waals surface area contributed by atoms with Crippen LogP contribution in [0.3, 0.4) is 0 Å². The highest BCUT2D eigenvalue weighted by atomic mass is 32.2. The highest BCUT2D eigenvalue weighted by Gasteiger charge is 2.17. The van der Waals surface area contributed by atoms with Gasteiger partial charge in [0.05, 0.1) is 0 Å². The molecule has 1 rings (SSSR count). The Kier molecular flexibility index (Phi) is 2.91. The van der Waals surface area contributed by atoms with Gasteiger partial charge in [-0.3, -0.25) is 0 Å². The molecule has 1 aromatic rings. The van der Waals surface area contributed by atoms with Crippen LogP contribution in [0.15, 0.2) is 23.1 Å². The summed E-state index contributed by atoms with van der Waals surface area (Å²) >= 11 is 1.70. The van der Waals surface area contributed by atoms with E-state index >= 15 is 0 Å². The maximum absolute atomic E-state index is 9.66. The maximum Gasteiger partial charge on any atom is 0.119 e. The van der Waals surface area contributed by atoms with Gasteiger partial charge in [-0.25, -0.2) is 0 Å². The molecular weight excluding hydrogens is 180 g/mol. The van der Waals surface area contributed by atoms with Crippen molar-refractivity contribution >= 4 is 11.8 Å². The third-order valence-electron chi connectivity index (χ3n) is 2.01. The third kappa shape index (κ3) is 2.41. The predicted octanol–water partition coefficient (Wildman–Crippen LogP) is 3.41. The van der Waals surface area contributed by atoms with E-state index in [1.54, 1.807) is 17.8 Å². The van der Waals surface area contributed by atoms with Crippen molar-refractivity contribution in [2.45, 2.75) is 31.1 Å². The van der Waals surface area contributed by atoms with E-state index in [-0.39, 0.29) is 5.41 Å². The molecule has 0 atom stereocenters. The monoisotopic (exact) mass is 196 g/mol. The van der Waals surface area contributed by atoms with Gasteiger partial charge in [0, 0.05) is 10.5 Å². The fourth-order valence-corrected chi connectivity index (χ4v) is 1.68. The lowest BCUT2D eigenvalue weighted by Crippen LogP contribution is -2.11. The second-order valence-corrected chi connectivity index (χ2v) is 5.01. The summed E-state index contributed by atoms with van der Waals surface area (Å²) in [6.07, 6.45) is 2.04. The zero-order valence-corrected chi connectivity index (χ0v) is 9.40. The summed E-state index contributed by atoms with van der Waals surface area (Å²) in [7, 11) is 0. The van der Waals surface area contributed by atoms with E-state index in [0.717, 1.165) is 5.56 Å². The first-order valence-electron chi connectivity index (χ1n) is 4.32. The Bertz CT molecular complexity index is 299. The molecule has 0 amide bonds. The maximum atomic E-state index is 9.66. The van der Waals surface area contributed by atoms with Crippen LogP contribution in [0.4, 0.5) is 0 Å². The minimum Gasteiger partial charge on any atom is -0.508 e. The van der Waals surface area contributed by atoms with Gasteiger partial charge in [0.1, 0.15) is 5.75 Å². The summed E-state index contributed by atoms with van der Waals surface area (Å²) in [6, 6.07) is 5.77. The Morgan fingerprint density at radius 2 is 1.85 bits per heavy atom. The van der Waals surface area contributed by atoms with Crippen LogP contribution in [0.1, 0.15) is 26.3 Å². The molecule has 0 aliphatic rings. The van der Waals surface area contributed by atoms with Gasteiger partial charge in [-0.1, -0.05) is 20.8 Å². The largest absolute Gasteiger partial charge is 0.508 e. The first-order chi connectivity index (χ1) is 5.95. The number of benzene rings is 1. The summed E-state index contributed by atoms with van der Waals surface area (Å²) in [5.74, 6) is 0.394. The molecule has 0 saturated heterocycles. The van der Waals surface area contributed by atoms with Crippen molar-refractivity contribution in [3.63, 3.8) is 0 Å². The molecule has 2 heteroatoms. The summed E-state index contributed by atoms with van der Waals surface area (Å²) in [4.78, 5) is 1.20. The van der Waals surface area contributed by atoms with E-state index in [0.29, 0.717) is 5.75 Å². The molecule has 72 valence electrons. The predicted molar refractivity (Wildman–Crippen MR) is 58.6 cm³/mol. The topological polar surface area (TPSA) is 20.2 Å². The van der Waals surface area contributed by atoms with Crippen LogP contribution in [0, 0.1) is 0 Å². The van der Waals surface area contributed by atoms with Gasteiger partial charge in [-0.05, 0) is 29.9 Å². The van der Waals surface area contributed by atoms with Crippen LogP contribution in [-0.4, -0.2) is 11.4 Å². The molecule has 0 aliphatic carbocycles. The Morgan fingerprint density at radius 3 is 2.31 bits per heavy atom. The average molecular weight is 196 g/mol. The van der Waals surface area contributed by atoms with E-state index < -0.39 is 0 Å². The SMILES string of the molecule is CSc1ccc(O)c(C(C)(C)C)c1. The van der Waals surface area contributed by atoms with Crippen molar-refractivity contribution in [2.75, 3.05) is 6.26 Å². The van der Waals surface area contributed by atoms with Gasteiger partial charge >= 0.3 is 0 Å². The molecule has 0 bridgehead atoms. The minimum absolute atomic E-state index is 0.00975. The number of phenols is 1. The van der Waals surface area contributed by atoms with Crippen LogP contribution in [0.5, 0.6) is 5.75 Å². The molecule has 1 aromatic carbocycles. The molecule has 0 fully saturated rings. The zero-order valence-electron chi connectivity index (χ0n) is 8.59. The molecule has 0 aliphatic heterocycles. The van der Waals surface area contributed by atoms with Crippen LogP contribution in [0.25, 0.3) is 0 Å². The summed E-state index contributed by atoms with van der Waals surface area (Å²) in [6.45, 7) is 6.31. The second kappa shape index (κ2) is 3.62. The van der Waals surface area contributed by atoms with Crippen molar-refractivity contribution in [1.29, 1.82) is 0 Å². The lowest BCUT2D eigenvalue weighted by Gasteiger charge is -2.20. The lowest BCUT2D eigenvalue weighted by molar-refractivity contribution is 0.446. The summed E-state index contributed by atoms with van der Waals surface area (Å²) in [5.41, 5.74) is 1.02. The number of hydrogen-bond acceptors (Lipinski definition) is 2. The first kappa shape index (κ1) is 10.5. The highest BCUT2D eigenvalue weighted by Crippen LogP contribution is 2.33. The van der Waals surface area contributed by atoms with Crippen molar-refractivity contribution in [3.05, 3.63) is 23.8 Å². The molecule has 1 nitrogen and oxygen atoms in total. The average Bonchev–Trinajstić information content (AvgIpc) is 2.03. The smallest absolute Gasteiger partial charge is 0.119 e. The van der Waals surface area contributed by atoms with Crippen LogP contribution in [-0.2, 0) is 5.41 Å². The molecule has 0 unspecified atom stereocenters. The quantitative estimate of drug-likeness (QED) is 0.695. The Hall–Kier alpha value is -0.630. The van der Waals surface area contributed by atoms with Crippen LogP contribution in [0.2, 0.25) is 0 Å². The van der Waals surface area contributed by atoms with Crippen molar-refractivity contribution in [1.82, 2.24) is 0 Å². The van der Waals surface area contributed by atoms with Crippen molar-refractivity contribution in [3.8, 4) is 5.75 Å². The summed E-state index contributed by atoms with van der Waals surface area (Å²) in [5, 5.41) is 9.66. The third-order valence-corrected chi connectivity index (χ3v) is 2.74. The standard InChI is InChI=1S/C11H16OS/c1-11(2,3)9-7-8(13-4)5-6-10(9)12/h5-7,12H,1-4H3. The normalized spacial score (nSPS) is 11.7. The zero-order chi connectivity index (χ0) is 10.1. The van der Waals surface area contributed by atoms with Crippen molar-refractivity contribution < 1.29 is 5.11 Å². The number of thioether (sulfide) groups is 1. The highest BCUT2D eigenvalue weighted by molar-refractivity contribution is 7.98. The van der Waals surface area contributed by atoms with E-state index in [2.05, 4.69) is 26.8 Å². The van der Waals surface area contributed by atoms with E-state index in [1.807, 2.05) is 12.3 Å². The first-order valence-corrected chi connectivity index (χ1v) is 5.55. The van der Waals surface area contributed by atoms with E-state index in [1.165, 1.54) is 4.90 Å². The Labute approximate surface area is 84.2 Å². The van der Waals surface area contributed by atoms with Crippen LogP contribution < -0.4 is 0 Å². The van der Waals surface area contributed by atoms with Gasteiger partial charge in [-0.15, -0.1) is 11.8 Å². The van der Waals surface area contributed by atoms with Crippen LogP contribution >= 0.6 is 11.8 Å². The molecule has 0 saturated carbocycles. The van der Waals surface area contributed by atoms with Crippen molar-refractivity contribution in [2.24, 2.45) is 0 Å². The lowest BCUT2D eigenvalue weighted by atomic mass is 9.86. The number of rotatable bonds is 1. The number of aromatic hydroxyl groups is 1. The minimum atomic E-state index is 0.00975. The second-order valence-electron chi connectivity index (χ2n) is 4.13. The molecule has 1 N–H and O–H groups in total. The fourth-order valence-electron chi connectivity index (χ4n) is 1.24. The molecular formula is C11H16OS. The van der Waals surface area contributed by atoms with Gasteiger partial charge in [0.25, 0.3) is 0 Å². The molecule has 0 radical (unpaired) electrons. The van der Waals surface area contributed by atoms with Gasteiger partial charge in [0.2, 0.25) is 0 Å². The molecule has 0 heterocycles. The molecule has 0 aromatic heterocycles. The van der Waals surface area contributed by atoms with E-state index in [9.17, 15) is 5.11 Å². The Balaban J connectivity index is 3.19. The Morgan fingerprint density at radius 1 is 1.23 bits per heavy atom. The molecule has 0 spiro atoms. The summed E-state index contributed by atoms with van der Waals surface area (Å²) < 4.78 is 0. The van der Waals surface area contributed by atoms with Gasteiger partial charge in [-0.2, -0.15) is 0 Å². The van der Waals surface area contributed by atoms with Gasteiger partial charge < -0.3 is 5.11 Å². The van der Waals surface area contributed by atoms with E-state index in [4.69, 9.17) is 0 Å². The number of phenolic OH excluding ortho intramolecular Hbond substituents is 1. The number of hydrogen-bond donors (Lipinski definition) is 1. The van der Waals surface area contributed by atoms with Gasteiger partial charge in [0.15, 0.2) is 0 Å². The molecule has 13 heavy (non-hydrogen) atoms. The fraction of sp³-hybridized carbons (Fsp3) is 0.455.